The van der Waals surface area contributed by atoms with Gasteiger partial charge in [-0.1, -0.05) is 30.3 Å². The molecule has 1 aliphatic heterocycles. The molecular weight excluding hydrogens is 312 g/mol. The van der Waals surface area contributed by atoms with Crippen LogP contribution in [0.3, 0.4) is 0 Å². The summed E-state index contributed by atoms with van der Waals surface area (Å²) in [5.41, 5.74) is 0.543. The van der Waals surface area contributed by atoms with Crippen molar-refractivity contribution in [2.24, 2.45) is 0 Å². The van der Waals surface area contributed by atoms with Crippen LogP contribution in [0.5, 0.6) is 0 Å². The molecule has 5 nitrogen and oxygen atoms in total. The van der Waals surface area contributed by atoms with Crippen LogP contribution < -0.4 is 0 Å². The summed E-state index contributed by atoms with van der Waals surface area (Å²) >= 11 is 0. The van der Waals surface area contributed by atoms with Gasteiger partial charge in [0.1, 0.15) is 12.2 Å². The van der Waals surface area contributed by atoms with Crippen LogP contribution in [-0.2, 0) is 10.2 Å². The van der Waals surface area contributed by atoms with Crippen molar-refractivity contribution in [2.75, 3.05) is 13.1 Å². The highest BCUT2D eigenvalue weighted by molar-refractivity contribution is 5.87. The minimum Gasteiger partial charge on any atom is -0.341 e. The molecule has 0 bridgehead atoms. The smallest absolute Gasteiger partial charge is 0.232 e. The fraction of sp³-hybridized carbons (Fsp3) is 0.550. The van der Waals surface area contributed by atoms with Crippen LogP contribution in [0.1, 0.15) is 63.9 Å². The van der Waals surface area contributed by atoms with Gasteiger partial charge in [-0.05, 0) is 46.1 Å². The Morgan fingerprint density at radius 3 is 2.64 bits per heavy atom. The molecule has 0 radical (unpaired) electrons. The van der Waals surface area contributed by atoms with Crippen molar-refractivity contribution in [1.29, 1.82) is 0 Å². The molecule has 1 aliphatic rings. The standard InChI is InChI=1S/C20H28N4O/c1-15(2)24-14-21-22-18(24)16-9-8-12-23(13-16)19(25)20(3,4)17-10-6-5-7-11-17/h5-7,10-11,14-16H,8-9,12-13H2,1-4H3/t16-/m1/s1. The molecule has 0 aliphatic carbocycles. The van der Waals surface area contributed by atoms with Crippen molar-refractivity contribution in [3.63, 3.8) is 0 Å². The molecule has 1 saturated heterocycles. The minimum absolute atomic E-state index is 0.194. The second-order valence-electron chi connectivity index (χ2n) is 7.77. The first-order valence-corrected chi connectivity index (χ1v) is 9.15. The van der Waals surface area contributed by atoms with E-state index in [4.69, 9.17) is 0 Å². The van der Waals surface area contributed by atoms with Gasteiger partial charge in [0, 0.05) is 25.0 Å². The first kappa shape index (κ1) is 17.6. The lowest BCUT2D eigenvalue weighted by Gasteiger charge is -2.37. The largest absolute Gasteiger partial charge is 0.341 e. The molecule has 1 fully saturated rings. The average Bonchev–Trinajstić information content (AvgIpc) is 3.12. The summed E-state index contributed by atoms with van der Waals surface area (Å²) in [7, 11) is 0. The summed E-state index contributed by atoms with van der Waals surface area (Å²) in [6, 6.07) is 10.4. The summed E-state index contributed by atoms with van der Waals surface area (Å²) in [6.07, 6.45) is 3.86. The number of amides is 1. The van der Waals surface area contributed by atoms with E-state index in [9.17, 15) is 4.79 Å². The lowest BCUT2D eigenvalue weighted by atomic mass is 9.82. The van der Waals surface area contributed by atoms with Gasteiger partial charge in [-0.15, -0.1) is 10.2 Å². The highest BCUT2D eigenvalue weighted by atomic mass is 16.2. The number of aromatic nitrogens is 3. The Kier molecular flexibility index (Phi) is 4.93. The summed E-state index contributed by atoms with van der Waals surface area (Å²) < 4.78 is 2.13. The van der Waals surface area contributed by atoms with Crippen molar-refractivity contribution in [2.45, 2.75) is 57.9 Å². The van der Waals surface area contributed by atoms with E-state index in [1.807, 2.05) is 49.1 Å². The van der Waals surface area contributed by atoms with Gasteiger partial charge in [-0.2, -0.15) is 0 Å². The van der Waals surface area contributed by atoms with Crippen LogP contribution in [0.25, 0.3) is 0 Å². The topological polar surface area (TPSA) is 51.0 Å². The van der Waals surface area contributed by atoms with Crippen LogP contribution in [-0.4, -0.2) is 38.7 Å². The van der Waals surface area contributed by atoms with E-state index in [0.29, 0.717) is 6.04 Å². The van der Waals surface area contributed by atoms with Crippen LogP contribution in [0.15, 0.2) is 36.7 Å². The Hall–Kier alpha value is -2.17. The van der Waals surface area contributed by atoms with Gasteiger partial charge in [0.15, 0.2) is 0 Å². The predicted octanol–water partition coefficient (Wildman–Crippen LogP) is 3.54. The van der Waals surface area contributed by atoms with Crippen molar-refractivity contribution in [3.8, 4) is 0 Å². The number of piperidine rings is 1. The van der Waals surface area contributed by atoms with Crippen molar-refractivity contribution >= 4 is 5.91 Å². The Labute approximate surface area is 150 Å². The van der Waals surface area contributed by atoms with Crippen LogP contribution >= 0.6 is 0 Å². The average molecular weight is 340 g/mol. The zero-order valence-corrected chi connectivity index (χ0v) is 15.6. The van der Waals surface area contributed by atoms with Gasteiger partial charge < -0.3 is 9.47 Å². The molecule has 5 heteroatoms. The van der Waals surface area contributed by atoms with E-state index in [2.05, 4.69) is 28.6 Å². The summed E-state index contributed by atoms with van der Waals surface area (Å²) in [6.45, 7) is 9.85. The fourth-order valence-corrected chi connectivity index (χ4v) is 3.69. The maximum Gasteiger partial charge on any atom is 0.232 e. The number of carbonyl (C=O) groups excluding carboxylic acids is 1. The number of nitrogens with zero attached hydrogens (tertiary/aromatic N) is 4. The van der Waals surface area contributed by atoms with E-state index in [0.717, 1.165) is 37.3 Å². The third-order valence-electron chi connectivity index (χ3n) is 5.26. The number of likely N-dealkylation sites (tertiary alicyclic amines) is 1. The highest BCUT2D eigenvalue weighted by Crippen LogP contribution is 2.31. The third-order valence-corrected chi connectivity index (χ3v) is 5.26. The molecule has 1 aromatic heterocycles. The van der Waals surface area contributed by atoms with Crippen molar-refractivity contribution < 1.29 is 4.79 Å². The van der Waals surface area contributed by atoms with Gasteiger partial charge in [0.25, 0.3) is 0 Å². The van der Waals surface area contributed by atoms with E-state index < -0.39 is 5.41 Å². The molecule has 1 aromatic carbocycles. The second-order valence-corrected chi connectivity index (χ2v) is 7.77. The predicted molar refractivity (Wildman–Crippen MR) is 98.4 cm³/mol. The third kappa shape index (κ3) is 3.46. The maximum absolute atomic E-state index is 13.2. The molecule has 3 rings (SSSR count). The lowest BCUT2D eigenvalue weighted by molar-refractivity contribution is -0.137. The maximum atomic E-state index is 13.2. The lowest BCUT2D eigenvalue weighted by Crippen LogP contribution is -2.47. The molecular formula is C20H28N4O. The van der Waals surface area contributed by atoms with Crippen molar-refractivity contribution in [1.82, 2.24) is 19.7 Å². The molecule has 25 heavy (non-hydrogen) atoms. The number of rotatable bonds is 4. The van der Waals surface area contributed by atoms with E-state index in [1.165, 1.54) is 0 Å². The number of carbonyl (C=O) groups is 1. The molecule has 1 amide bonds. The first-order chi connectivity index (χ1) is 11.9. The Bertz CT molecular complexity index is 720. The molecule has 2 heterocycles. The van der Waals surface area contributed by atoms with Gasteiger partial charge in [0.05, 0.1) is 5.41 Å². The quantitative estimate of drug-likeness (QED) is 0.855. The molecule has 0 N–H and O–H groups in total. The molecule has 0 spiro atoms. The molecule has 0 saturated carbocycles. The normalized spacial score (nSPS) is 18.6. The molecule has 0 unspecified atom stereocenters. The monoisotopic (exact) mass is 340 g/mol. The fourth-order valence-electron chi connectivity index (χ4n) is 3.69. The summed E-state index contributed by atoms with van der Waals surface area (Å²) in [5, 5.41) is 8.44. The van der Waals surface area contributed by atoms with Crippen LogP contribution in [0.4, 0.5) is 0 Å². The Morgan fingerprint density at radius 1 is 1.24 bits per heavy atom. The zero-order valence-electron chi connectivity index (χ0n) is 15.6. The SMILES string of the molecule is CC(C)n1cnnc1[C@@H]1CCCN(C(=O)C(C)(C)c2ccccc2)C1. The highest BCUT2D eigenvalue weighted by Gasteiger charge is 2.37. The van der Waals surface area contributed by atoms with Crippen molar-refractivity contribution in [3.05, 3.63) is 48.0 Å². The van der Waals surface area contributed by atoms with E-state index in [-0.39, 0.29) is 11.8 Å². The number of hydrogen-bond acceptors (Lipinski definition) is 3. The minimum atomic E-state index is -0.519. The second kappa shape index (κ2) is 6.98. The van der Waals surface area contributed by atoms with Gasteiger partial charge in [0.2, 0.25) is 5.91 Å². The van der Waals surface area contributed by atoms with E-state index >= 15 is 0 Å². The van der Waals surface area contributed by atoms with Crippen LogP contribution in [0.2, 0.25) is 0 Å². The Morgan fingerprint density at radius 2 is 1.96 bits per heavy atom. The summed E-state index contributed by atoms with van der Waals surface area (Å²) in [4.78, 5) is 15.3. The van der Waals surface area contributed by atoms with E-state index in [1.54, 1.807) is 6.33 Å². The number of benzene rings is 1. The van der Waals surface area contributed by atoms with Crippen LogP contribution in [0, 0.1) is 0 Å². The van der Waals surface area contributed by atoms with Gasteiger partial charge in [-0.25, -0.2) is 0 Å². The first-order valence-electron chi connectivity index (χ1n) is 9.15. The molecule has 2 aromatic rings. The zero-order chi connectivity index (χ0) is 18.0. The van der Waals surface area contributed by atoms with Gasteiger partial charge >= 0.3 is 0 Å². The summed E-state index contributed by atoms with van der Waals surface area (Å²) in [5.74, 6) is 1.46. The van der Waals surface area contributed by atoms with Gasteiger partial charge in [-0.3, -0.25) is 4.79 Å². The Balaban J connectivity index is 1.79. The molecule has 134 valence electrons. The molecule has 1 atom stereocenters. The number of hydrogen-bond donors (Lipinski definition) is 0.